The number of aromatic nitrogens is 2. The predicted octanol–water partition coefficient (Wildman–Crippen LogP) is 2.62. The van der Waals surface area contributed by atoms with E-state index in [1.807, 2.05) is 30.7 Å². The van der Waals surface area contributed by atoms with Gasteiger partial charge in [0.1, 0.15) is 11.4 Å². The Morgan fingerprint density at radius 3 is 2.37 bits per heavy atom. The van der Waals surface area contributed by atoms with E-state index in [2.05, 4.69) is 5.10 Å². The Morgan fingerprint density at radius 2 is 1.70 bits per heavy atom. The fourth-order valence-electron chi connectivity index (χ4n) is 2.51. The number of hydrogen-bond donors (Lipinski definition) is 1. The van der Waals surface area contributed by atoms with Crippen LogP contribution in [-0.2, 0) is 10.0 Å². The maximum absolute atomic E-state index is 12.4. The fraction of sp³-hybridized carbons (Fsp3) is 0.158. The van der Waals surface area contributed by atoms with Gasteiger partial charge in [0.25, 0.3) is 15.9 Å². The van der Waals surface area contributed by atoms with Crippen LogP contribution in [0.25, 0.3) is 5.69 Å². The lowest BCUT2D eigenvalue weighted by molar-refractivity contribution is 0.0976. The number of sulfonamides is 1. The van der Waals surface area contributed by atoms with Crippen molar-refractivity contribution in [3.05, 3.63) is 71.5 Å². The van der Waals surface area contributed by atoms with Crippen LogP contribution >= 0.6 is 0 Å². The lowest BCUT2D eigenvalue weighted by Crippen LogP contribution is -2.31. The predicted molar refractivity (Wildman–Crippen MR) is 101 cm³/mol. The maximum Gasteiger partial charge on any atom is 0.285 e. The quantitative estimate of drug-likeness (QED) is 0.729. The molecular formula is C19H19N3O4S. The molecule has 0 radical (unpaired) electrons. The highest BCUT2D eigenvalue weighted by Crippen LogP contribution is 2.23. The lowest BCUT2D eigenvalue weighted by atomic mass is 10.2. The number of methoxy groups -OCH3 is 1. The third kappa shape index (κ3) is 4.01. The highest BCUT2D eigenvalue weighted by Gasteiger charge is 2.20. The maximum atomic E-state index is 12.4. The van der Waals surface area contributed by atoms with Crippen LogP contribution in [0.5, 0.6) is 5.75 Å². The van der Waals surface area contributed by atoms with Gasteiger partial charge in [-0.1, -0.05) is 23.8 Å². The summed E-state index contributed by atoms with van der Waals surface area (Å²) >= 11 is 0. The Kier molecular flexibility index (Phi) is 5.00. The summed E-state index contributed by atoms with van der Waals surface area (Å²) in [6, 6.07) is 13.2. The Bertz CT molecular complexity index is 1090. The van der Waals surface area contributed by atoms with Crippen molar-refractivity contribution in [3.63, 3.8) is 0 Å². The number of nitrogens with zero attached hydrogens (tertiary/aromatic N) is 2. The summed E-state index contributed by atoms with van der Waals surface area (Å²) in [7, 11) is -2.43. The van der Waals surface area contributed by atoms with Crippen molar-refractivity contribution in [1.29, 1.82) is 0 Å². The van der Waals surface area contributed by atoms with E-state index in [4.69, 9.17) is 4.74 Å². The number of aryl methyl sites for hydroxylation is 2. The van der Waals surface area contributed by atoms with Crippen molar-refractivity contribution in [3.8, 4) is 11.4 Å². The summed E-state index contributed by atoms with van der Waals surface area (Å²) in [4.78, 5) is 12.4. The molecule has 0 aliphatic carbocycles. The van der Waals surface area contributed by atoms with Crippen molar-refractivity contribution in [2.24, 2.45) is 0 Å². The van der Waals surface area contributed by atoms with Crippen LogP contribution in [0.2, 0.25) is 0 Å². The molecule has 7 nitrogen and oxygen atoms in total. The molecule has 140 valence electrons. The highest BCUT2D eigenvalue weighted by atomic mass is 32.2. The van der Waals surface area contributed by atoms with E-state index in [0.29, 0.717) is 11.4 Å². The first-order valence-electron chi connectivity index (χ1n) is 8.14. The molecule has 0 saturated carbocycles. The van der Waals surface area contributed by atoms with Crippen LogP contribution in [-0.4, -0.2) is 31.2 Å². The number of amides is 1. The lowest BCUT2D eigenvalue weighted by Gasteiger charge is -2.09. The summed E-state index contributed by atoms with van der Waals surface area (Å²) in [5.41, 5.74) is 2.55. The third-order valence-corrected chi connectivity index (χ3v) is 5.31. The van der Waals surface area contributed by atoms with Gasteiger partial charge in [0.2, 0.25) is 0 Å². The van der Waals surface area contributed by atoms with Crippen molar-refractivity contribution < 1.29 is 17.9 Å². The Morgan fingerprint density at radius 1 is 1.04 bits per heavy atom. The van der Waals surface area contributed by atoms with Crippen LogP contribution in [0.3, 0.4) is 0 Å². The molecule has 0 fully saturated rings. The first-order valence-corrected chi connectivity index (χ1v) is 9.63. The zero-order chi connectivity index (χ0) is 19.6. The topological polar surface area (TPSA) is 90.3 Å². The standard InChI is InChI=1S/C19H19N3O4S/c1-13-4-7-15(8-5-13)27(24,25)21-19(23)16-10-11-22(20-16)17-12-14(2)6-9-18(17)26-3/h4-12H,1-3H3,(H,21,23). The van der Waals surface area contributed by atoms with Crippen molar-refractivity contribution in [1.82, 2.24) is 14.5 Å². The van der Waals surface area contributed by atoms with Crippen molar-refractivity contribution in [2.45, 2.75) is 18.7 Å². The zero-order valence-corrected chi connectivity index (χ0v) is 15.9. The third-order valence-electron chi connectivity index (χ3n) is 3.96. The molecule has 0 unspecified atom stereocenters. The molecule has 0 saturated heterocycles. The molecule has 3 aromatic rings. The van der Waals surface area contributed by atoms with Crippen LogP contribution in [0.1, 0.15) is 21.6 Å². The molecule has 8 heteroatoms. The van der Waals surface area contributed by atoms with Crippen LogP contribution in [0.4, 0.5) is 0 Å². The molecule has 0 aliphatic rings. The highest BCUT2D eigenvalue weighted by molar-refractivity contribution is 7.90. The Balaban J connectivity index is 1.85. The molecule has 1 N–H and O–H groups in total. The van der Waals surface area contributed by atoms with Gasteiger partial charge in [-0.15, -0.1) is 0 Å². The van der Waals surface area contributed by atoms with Gasteiger partial charge in [-0.2, -0.15) is 5.10 Å². The average molecular weight is 385 g/mol. The molecule has 2 aromatic carbocycles. The van der Waals surface area contributed by atoms with Crippen LogP contribution in [0, 0.1) is 13.8 Å². The second kappa shape index (κ2) is 7.24. The summed E-state index contributed by atoms with van der Waals surface area (Å²) in [5, 5.41) is 4.18. The summed E-state index contributed by atoms with van der Waals surface area (Å²) < 4.78 is 33.6. The molecule has 0 spiro atoms. The van der Waals surface area contributed by atoms with Crippen LogP contribution in [0.15, 0.2) is 59.6 Å². The molecule has 1 heterocycles. The van der Waals surface area contributed by atoms with Gasteiger partial charge < -0.3 is 4.74 Å². The molecule has 1 amide bonds. The van der Waals surface area contributed by atoms with Gasteiger partial charge >= 0.3 is 0 Å². The number of ether oxygens (including phenoxy) is 1. The van der Waals surface area contributed by atoms with E-state index in [1.54, 1.807) is 31.5 Å². The van der Waals surface area contributed by atoms with Gasteiger partial charge in [0.15, 0.2) is 5.69 Å². The average Bonchev–Trinajstić information content (AvgIpc) is 3.12. The molecule has 0 aliphatic heterocycles. The van der Waals surface area contributed by atoms with Gasteiger partial charge in [-0.3, -0.25) is 4.79 Å². The molecule has 0 bridgehead atoms. The molecule has 0 atom stereocenters. The van der Waals surface area contributed by atoms with E-state index in [1.165, 1.54) is 22.9 Å². The Labute approximate surface area is 157 Å². The first kappa shape index (κ1) is 18.7. The Hall–Kier alpha value is -3.13. The minimum atomic E-state index is -3.97. The minimum absolute atomic E-state index is 0.0150. The molecule has 1 aromatic heterocycles. The van der Waals surface area contributed by atoms with E-state index in [0.717, 1.165) is 11.1 Å². The van der Waals surface area contributed by atoms with E-state index >= 15 is 0 Å². The van der Waals surface area contributed by atoms with Gasteiger partial charge in [-0.25, -0.2) is 17.8 Å². The number of rotatable bonds is 5. The molecule has 27 heavy (non-hydrogen) atoms. The van der Waals surface area contributed by atoms with Crippen LogP contribution < -0.4 is 9.46 Å². The monoisotopic (exact) mass is 385 g/mol. The smallest absolute Gasteiger partial charge is 0.285 e. The summed E-state index contributed by atoms with van der Waals surface area (Å²) in [6.07, 6.45) is 1.57. The SMILES string of the molecule is COc1ccc(C)cc1-n1ccc(C(=O)NS(=O)(=O)c2ccc(C)cc2)n1. The summed E-state index contributed by atoms with van der Waals surface area (Å²) in [5.74, 6) is -0.219. The van der Waals surface area contributed by atoms with Crippen molar-refractivity contribution >= 4 is 15.9 Å². The van der Waals surface area contributed by atoms with Gasteiger partial charge in [0, 0.05) is 6.20 Å². The fourth-order valence-corrected chi connectivity index (χ4v) is 3.47. The van der Waals surface area contributed by atoms with E-state index in [9.17, 15) is 13.2 Å². The number of carbonyl (C=O) groups excluding carboxylic acids is 1. The van der Waals surface area contributed by atoms with E-state index < -0.39 is 15.9 Å². The summed E-state index contributed by atoms with van der Waals surface area (Å²) in [6.45, 7) is 3.77. The zero-order valence-electron chi connectivity index (χ0n) is 15.1. The van der Waals surface area contributed by atoms with Gasteiger partial charge in [0.05, 0.1) is 12.0 Å². The van der Waals surface area contributed by atoms with Gasteiger partial charge in [-0.05, 0) is 49.7 Å². The minimum Gasteiger partial charge on any atom is -0.494 e. The number of hydrogen-bond acceptors (Lipinski definition) is 5. The molecule has 3 rings (SSSR count). The normalized spacial score (nSPS) is 11.2. The number of nitrogens with one attached hydrogen (secondary N) is 1. The molecular weight excluding hydrogens is 366 g/mol. The first-order chi connectivity index (χ1) is 12.8. The number of carbonyl (C=O) groups is 1. The second-order valence-electron chi connectivity index (χ2n) is 6.07. The number of benzene rings is 2. The largest absolute Gasteiger partial charge is 0.494 e. The van der Waals surface area contributed by atoms with Crippen molar-refractivity contribution in [2.75, 3.05) is 7.11 Å². The second-order valence-corrected chi connectivity index (χ2v) is 7.75. The van der Waals surface area contributed by atoms with E-state index in [-0.39, 0.29) is 10.6 Å².